The van der Waals surface area contributed by atoms with Crippen LogP contribution in [-0.2, 0) is 0 Å². The topological polar surface area (TPSA) is 33.7 Å². The van der Waals surface area contributed by atoms with E-state index in [1.807, 2.05) is 12.1 Å². The van der Waals surface area contributed by atoms with Gasteiger partial charge >= 0.3 is 0 Å². The number of rotatable bonds is 5. The number of benzene rings is 1. The summed E-state index contributed by atoms with van der Waals surface area (Å²) in [5.41, 5.74) is 1.16. The SMILES string of the molecule is CCC1CN(c2ccc(OC)cc2OC)C(C(C)C)CN1. The molecule has 1 aromatic carbocycles. The van der Waals surface area contributed by atoms with Crippen LogP contribution in [0.5, 0.6) is 11.5 Å². The Labute approximate surface area is 128 Å². The van der Waals surface area contributed by atoms with Crippen molar-refractivity contribution in [1.29, 1.82) is 0 Å². The molecule has 1 aromatic rings. The van der Waals surface area contributed by atoms with Gasteiger partial charge in [0.1, 0.15) is 11.5 Å². The Kier molecular flexibility index (Phi) is 5.34. The first-order valence-electron chi connectivity index (χ1n) is 7.82. The quantitative estimate of drug-likeness (QED) is 0.905. The van der Waals surface area contributed by atoms with Crippen LogP contribution in [0.25, 0.3) is 0 Å². The third-order valence-electron chi connectivity index (χ3n) is 4.39. The van der Waals surface area contributed by atoms with Crippen LogP contribution < -0.4 is 19.7 Å². The van der Waals surface area contributed by atoms with E-state index in [2.05, 4.69) is 37.1 Å². The van der Waals surface area contributed by atoms with E-state index in [0.717, 1.165) is 36.7 Å². The number of ether oxygens (including phenoxy) is 2. The van der Waals surface area contributed by atoms with Gasteiger partial charge in [-0.2, -0.15) is 0 Å². The summed E-state index contributed by atoms with van der Waals surface area (Å²) in [6.45, 7) is 8.83. The molecule has 0 aromatic heterocycles. The number of hydrogen-bond donors (Lipinski definition) is 1. The summed E-state index contributed by atoms with van der Waals surface area (Å²) in [5.74, 6) is 2.30. The number of piperazine rings is 1. The summed E-state index contributed by atoms with van der Waals surface area (Å²) in [6, 6.07) is 7.11. The van der Waals surface area contributed by atoms with Crippen LogP contribution in [0.4, 0.5) is 5.69 Å². The molecule has 4 nitrogen and oxygen atoms in total. The lowest BCUT2D eigenvalue weighted by atomic mass is 9.96. The van der Waals surface area contributed by atoms with Gasteiger partial charge in [-0.1, -0.05) is 20.8 Å². The largest absolute Gasteiger partial charge is 0.497 e. The fourth-order valence-electron chi connectivity index (χ4n) is 3.00. The summed E-state index contributed by atoms with van der Waals surface area (Å²) in [7, 11) is 3.41. The zero-order valence-corrected chi connectivity index (χ0v) is 13.8. The van der Waals surface area contributed by atoms with Crippen molar-refractivity contribution in [3.63, 3.8) is 0 Å². The number of anilines is 1. The molecule has 1 fully saturated rings. The minimum atomic E-state index is 0.482. The third kappa shape index (κ3) is 3.43. The van der Waals surface area contributed by atoms with Gasteiger partial charge in [-0.15, -0.1) is 0 Å². The molecule has 0 saturated carbocycles. The van der Waals surface area contributed by atoms with Gasteiger partial charge in [0.25, 0.3) is 0 Å². The molecule has 0 aliphatic carbocycles. The summed E-state index contributed by atoms with van der Waals surface area (Å²) in [4.78, 5) is 2.49. The van der Waals surface area contributed by atoms with E-state index in [-0.39, 0.29) is 0 Å². The second-order valence-corrected chi connectivity index (χ2v) is 6.01. The van der Waals surface area contributed by atoms with Crippen molar-refractivity contribution < 1.29 is 9.47 Å². The predicted octanol–water partition coefficient (Wildman–Crippen LogP) is 2.92. The van der Waals surface area contributed by atoms with Crippen molar-refractivity contribution in [2.24, 2.45) is 5.92 Å². The van der Waals surface area contributed by atoms with E-state index in [1.54, 1.807) is 14.2 Å². The van der Waals surface area contributed by atoms with Gasteiger partial charge in [-0.3, -0.25) is 0 Å². The zero-order valence-electron chi connectivity index (χ0n) is 13.8. The summed E-state index contributed by atoms with van der Waals surface area (Å²) in [6.07, 6.45) is 1.14. The van der Waals surface area contributed by atoms with Crippen molar-refractivity contribution in [3.05, 3.63) is 18.2 Å². The fourth-order valence-corrected chi connectivity index (χ4v) is 3.00. The molecule has 1 aliphatic heterocycles. The molecule has 1 saturated heterocycles. The van der Waals surface area contributed by atoms with E-state index >= 15 is 0 Å². The Morgan fingerprint density at radius 2 is 2.05 bits per heavy atom. The van der Waals surface area contributed by atoms with Gasteiger partial charge < -0.3 is 19.7 Å². The third-order valence-corrected chi connectivity index (χ3v) is 4.39. The van der Waals surface area contributed by atoms with Gasteiger partial charge in [-0.05, 0) is 24.5 Å². The minimum absolute atomic E-state index is 0.482. The number of nitrogens with zero attached hydrogens (tertiary/aromatic N) is 1. The highest BCUT2D eigenvalue weighted by molar-refractivity contribution is 5.62. The number of hydrogen-bond acceptors (Lipinski definition) is 4. The van der Waals surface area contributed by atoms with Gasteiger partial charge in [0, 0.05) is 31.2 Å². The molecule has 0 amide bonds. The van der Waals surface area contributed by atoms with Crippen LogP contribution in [0.15, 0.2) is 18.2 Å². The highest BCUT2D eigenvalue weighted by atomic mass is 16.5. The maximum absolute atomic E-state index is 5.60. The standard InChI is InChI=1S/C17H28N2O2/c1-6-13-11-19(16(10-18-13)12(2)3)15-8-7-14(20-4)9-17(15)21-5/h7-9,12-13,16,18H,6,10-11H2,1-5H3. The van der Waals surface area contributed by atoms with Gasteiger partial charge in [0.15, 0.2) is 0 Å². The van der Waals surface area contributed by atoms with Crippen LogP contribution in [0.1, 0.15) is 27.2 Å². The summed E-state index contributed by atoms with van der Waals surface area (Å²) in [5, 5.41) is 3.65. The Morgan fingerprint density at radius 3 is 2.62 bits per heavy atom. The lowest BCUT2D eigenvalue weighted by Gasteiger charge is -2.44. The molecule has 1 N–H and O–H groups in total. The van der Waals surface area contributed by atoms with Crippen molar-refractivity contribution >= 4 is 5.69 Å². The molecule has 0 bridgehead atoms. The summed E-state index contributed by atoms with van der Waals surface area (Å²) < 4.78 is 10.9. The second kappa shape index (κ2) is 7.03. The van der Waals surface area contributed by atoms with Crippen LogP contribution >= 0.6 is 0 Å². The maximum Gasteiger partial charge on any atom is 0.145 e. The molecular formula is C17H28N2O2. The Hall–Kier alpha value is -1.42. The van der Waals surface area contributed by atoms with E-state index in [9.17, 15) is 0 Å². The monoisotopic (exact) mass is 292 g/mol. The summed E-state index contributed by atoms with van der Waals surface area (Å²) >= 11 is 0. The molecule has 118 valence electrons. The van der Waals surface area contributed by atoms with Crippen LogP contribution in [-0.4, -0.2) is 39.4 Å². The first kappa shape index (κ1) is 16.0. The maximum atomic E-state index is 5.60. The molecule has 2 rings (SSSR count). The predicted molar refractivity (Wildman–Crippen MR) is 87.6 cm³/mol. The fraction of sp³-hybridized carbons (Fsp3) is 0.647. The first-order chi connectivity index (χ1) is 10.1. The average molecular weight is 292 g/mol. The molecule has 1 heterocycles. The number of nitrogens with one attached hydrogen (secondary N) is 1. The molecule has 1 aliphatic rings. The van der Waals surface area contributed by atoms with E-state index in [1.165, 1.54) is 0 Å². The molecule has 4 heteroatoms. The molecule has 0 radical (unpaired) electrons. The van der Waals surface area contributed by atoms with Gasteiger partial charge in [0.05, 0.1) is 19.9 Å². The molecule has 2 unspecified atom stereocenters. The number of methoxy groups -OCH3 is 2. The Bertz CT molecular complexity index is 462. The molecule has 2 atom stereocenters. The van der Waals surface area contributed by atoms with Gasteiger partial charge in [0.2, 0.25) is 0 Å². The Balaban J connectivity index is 2.34. The zero-order chi connectivity index (χ0) is 15.4. The highest BCUT2D eigenvalue weighted by Gasteiger charge is 2.30. The molecular weight excluding hydrogens is 264 g/mol. The average Bonchev–Trinajstić information content (AvgIpc) is 2.53. The van der Waals surface area contributed by atoms with E-state index in [4.69, 9.17) is 9.47 Å². The lowest BCUT2D eigenvalue weighted by Crippen LogP contribution is -2.58. The van der Waals surface area contributed by atoms with E-state index in [0.29, 0.717) is 18.0 Å². The van der Waals surface area contributed by atoms with Crippen molar-refractivity contribution in [3.8, 4) is 11.5 Å². The molecule has 0 spiro atoms. The van der Waals surface area contributed by atoms with E-state index < -0.39 is 0 Å². The Morgan fingerprint density at radius 1 is 1.29 bits per heavy atom. The smallest absolute Gasteiger partial charge is 0.145 e. The van der Waals surface area contributed by atoms with Crippen LogP contribution in [0.2, 0.25) is 0 Å². The first-order valence-corrected chi connectivity index (χ1v) is 7.82. The normalized spacial score (nSPS) is 22.5. The van der Waals surface area contributed by atoms with Crippen molar-refractivity contribution in [2.75, 3.05) is 32.2 Å². The molecule has 21 heavy (non-hydrogen) atoms. The van der Waals surface area contributed by atoms with Gasteiger partial charge in [-0.25, -0.2) is 0 Å². The minimum Gasteiger partial charge on any atom is -0.497 e. The van der Waals surface area contributed by atoms with Crippen LogP contribution in [0, 0.1) is 5.92 Å². The second-order valence-electron chi connectivity index (χ2n) is 6.01. The van der Waals surface area contributed by atoms with Crippen LogP contribution in [0.3, 0.4) is 0 Å². The lowest BCUT2D eigenvalue weighted by molar-refractivity contribution is 0.328. The van der Waals surface area contributed by atoms with Crippen molar-refractivity contribution in [2.45, 2.75) is 39.3 Å². The highest BCUT2D eigenvalue weighted by Crippen LogP contribution is 2.35. The van der Waals surface area contributed by atoms with Crippen molar-refractivity contribution in [1.82, 2.24) is 5.32 Å².